The molecule has 0 bridgehead atoms. The van der Waals surface area contributed by atoms with Crippen molar-refractivity contribution in [3.63, 3.8) is 0 Å². The smallest absolute Gasteiger partial charge is 0.261 e. The third kappa shape index (κ3) is 4.16. The number of amides is 1. The number of nitrogens with zero attached hydrogens (tertiary/aromatic N) is 1. The van der Waals surface area contributed by atoms with Gasteiger partial charge in [-0.2, -0.15) is 0 Å². The molecule has 0 unspecified atom stereocenters. The second kappa shape index (κ2) is 8.42. The van der Waals surface area contributed by atoms with E-state index >= 15 is 0 Å². The molecule has 6 heteroatoms. The first-order valence-corrected chi connectivity index (χ1v) is 9.68. The molecular weight excluding hydrogens is 358 g/mol. The Kier molecular flexibility index (Phi) is 5.55. The standard InChI is InChI=1S/C22H25NO5/c1-25-18-7-9-19(10-8-18)26-14-22(24)23(17-4-2-3-5-17)13-16-6-11-20-21(12-16)28-15-27-20/h6-12,17H,2-5,13-15H2,1H3. The number of ether oxygens (including phenoxy) is 4. The summed E-state index contributed by atoms with van der Waals surface area (Å²) < 4.78 is 21.7. The number of hydrogen-bond acceptors (Lipinski definition) is 5. The summed E-state index contributed by atoms with van der Waals surface area (Å²) >= 11 is 0. The van der Waals surface area contributed by atoms with Gasteiger partial charge in [0, 0.05) is 12.6 Å². The van der Waals surface area contributed by atoms with Crippen LogP contribution in [0.2, 0.25) is 0 Å². The van der Waals surface area contributed by atoms with Crippen molar-refractivity contribution in [2.75, 3.05) is 20.5 Å². The van der Waals surface area contributed by atoms with Crippen molar-refractivity contribution >= 4 is 5.91 Å². The molecule has 1 saturated carbocycles. The van der Waals surface area contributed by atoms with E-state index in [9.17, 15) is 4.79 Å². The molecule has 1 heterocycles. The van der Waals surface area contributed by atoms with Crippen LogP contribution < -0.4 is 18.9 Å². The average molecular weight is 383 g/mol. The Morgan fingerprint density at radius 2 is 1.75 bits per heavy atom. The van der Waals surface area contributed by atoms with Gasteiger partial charge in [-0.05, 0) is 54.8 Å². The Bertz CT molecular complexity index is 814. The zero-order valence-electron chi connectivity index (χ0n) is 16.1. The highest BCUT2D eigenvalue weighted by atomic mass is 16.7. The van der Waals surface area contributed by atoms with E-state index in [1.165, 1.54) is 0 Å². The molecule has 0 radical (unpaired) electrons. The summed E-state index contributed by atoms with van der Waals surface area (Å²) in [5.41, 5.74) is 1.04. The normalized spacial score (nSPS) is 15.5. The van der Waals surface area contributed by atoms with E-state index in [1.807, 2.05) is 47.4 Å². The monoisotopic (exact) mass is 383 g/mol. The maximum Gasteiger partial charge on any atom is 0.261 e. The van der Waals surface area contributed by atoms with Gasteiger partial charge in [0.2, 0.25) is 6.79 Å². The fraction of sp³-hybridized carbons (Fsp3) is 0.409. The molecule has 148 valence electrons. The number of methoxy groups -OCH3 is 1. The van der Waals surface area contributed by atoms with Gasteiger partial charge in [-0.15, -0.1) is 0 Å². The third-order valence-electron chi connectivity index (χ3n) is 5.30. The highest BCUT2D eigenvalue weighted by molar-refractivity contribution is 5.78. The van der Waals surface area contributed by atoms with Gasteiger partial charge < -0.3 is 23.8 Å². The summed E-state index contributed by atoms with van der Waals surface area (Å²) in [6.07, 6.45) is 4.40. The van der Waals surface area contributed by atoms with Gasteiger partial charge in [-0.1, -0.05) is 18.9 Å². The lowest BCUT2D eigenvalue weighted by Gasteiger charge is -2.29. The van der Waals surface area contributed by atoms with Crippen molar-refractivity contribution in [1.29, 1.82) is 0 Å². The summed E-state index contributed by atoms with van der Waals surface area (Å²) in [6.45, 7) is 0.819. The molecule has 1 amide bonds. The minimum absolute atomic E-state index is 0.000356. The van der Waals surface area contributed by atoms with Crippen LogP contribution in [-0.2, 0) is 11.3 Å². The van der Waals surface area contributed by atoms with Gasteiger partial charge in [-0.3, -0.25) is 4.79 Å². The van der Waals surface area contributed by atoms with Crippen molar-refractivity contribution in [2.45, 2.75) is 38.3 Å². The number of hydrogen-bond donors (Lipinski definition) is 0. The predicted molar refractivity (Wildman–Crippen MR) is 104 cm³/mol. The van der Waals surface area contributed by atoms with Crippen LogP contribution in [0.3, 0.4) is 0 Å². The summed E-state index contributed by atoms with van der Waals surface area (Å²) in [4.78, 5) is 14.9. The lowest BCUT2D eigenvalue weighted by molar-refractivity contribution is -0.136. The molecule has 0 N–H and O–H groups in total. The summed E-state index contributed by atoms with van der Waals surface area (Å²) in [6, 6.07) is 13.4. The minimum Gasteiger partial charge on any atom is -0.497 e. The van der Waals surface area contributed by atoms with Crippen molar-refractivity contribution in [3.8, 4) is 23.0 Å². The number of carbonyl (C=O) groups is 1. The lowest BCUT2D eigenvalue weighted by atomic mass is 10.1. The third-order valence-corrected chi connectivity index (χ3v) is 5.30. The quantitative estimate of drug-likeness (QED) is 0.728. The lowest BCUT2D eigenvalue weighted by Crippen LogP contribution is -2.41. The second-order valence-corrected chi connectivity index (χ2v) is 7.11. The first-order chi connectivity index (χ1) is 13.7. The van der Waals surface area contributed by atoms with E-state index in [0.29, 0.717) is 12.3 Å². The van der Waals surface area contributed by atoms with E-state index in [1.54, 1.807) is 7.11 Å². The average Bonchev–Trinajstić information content (AvgIpc) is 3.42. The molecule has 1 fully saturated rings. The summed E-state index contributed by atoms with van der Waals surface area (Å²) in [7, 11) is 1.62. The maximum atomic E-state index is 13.0. The number of rotatable bonds is 7. The van der Waals surface area contributed by atoms with Gasteiger partial charge in [0.25, 0.3) is 5.91 Å². The van der Waals surface area contributed by atoms with Crippen LogP contribution in [0.5, 0.6) is 23.0 Å². The molecule has 0 saturated heterocycles. The summed E-state index contributed by atoms with van der Waals surface area (Å²) in [5, 5.41) is 0. The van der Waals surface area contributed by atoms with E-state index in [0.717, 1.165) is 48.5 Å². The van der Waals surface area contributed by atoms with Crippen molar-refractivity contribution in [2.24, 2.45) is 0 Å². The number of fused-ring (bicyclic) bond motifs is 1. The fourth-order valence-electron chi connectivity index (χ4n) is 3.77. The maximum absolute atomic E-state index is 13.0. The van der Waals surface area contributed by atoms with Gasteiger partial charge in [0.15, 0.2) is 18.1 Å². The highest BCUT2D eigenvalue weighted by Gasteiger charge is 2.27. The highest BCUT2D eigenvalue weighted by Crippen LogP contribution is 2.33. The molecule has 0 atom stereocenters. The van der Waals surface area contributed by atoms with E-state index in [4.69, 9.17) is 18.9 Å². The molecular formula is C22H25NO5. The first-order valence-electron chi connectivity index (χ1n) is 9.68. The van der Waals surface area contributed by atoms with Crippen LogP contribution >= 0.6 is 0 Å². The Hall–Kier alpha value is -2.89. The molecule has 6 nitrogen and oxygen atoms in total. The summed E-state index contributed by atoms with van der Waals surface area (Å²) in [5.74, 6) is 2.91. The molecule has 1 aliphatic carbocycles. The SMILES string of the molecule is COc1ccc(OCC(=O)N(Cc2ccc3c(c2)OCO3)C2CCCC2)cc1. The molecule has 0 aromatic heterocycles. The van der Waals surface area contributed by atoms with E-state index in [-0.39, 0.29) is 25.3 Å². The molecule has 0 spiro atoms. The predicted octanol–water partition coefficient (Wildman–Crippen LogP) is 3.77. The van der Waals surface area contributed by atoms with Crippen LogP contribution in [0.1, 0.15) is 31.2 Å². The van der Waals surface area contributed by atoms with Crippen LogP contribution in [0.15, 0.2) is 42.5 Å². The molecule has 4 rings (SSSR count). The van der Waals surface area contributed by atoms with Crippen molar-refractivity contribution in [1.82, 2.24) is 4.90 Å². The largest absolute Gasteiger partial charge is 0.497 e. The zero-order chi connectivity index (χ0) is 19.3. The van der Waals surface area contributed by atoms with Crippen LogP contribution in [0.25, 0.3) is 0 Å². The van der Waals surface area contributed by atoms with Gasteiger partial charge in [-0.25, -0.2) is 0 Å². The fourth-order valence-corrected chi connectivity index (χ4v) is 3.77. The molecule has 2 aliphatic rings. The Balaban J connectivity index is 1.43. The van der Waals surface area contributed by atoms with Gasteiger partial charge in [0.1, 0.15) is 11.5 Å². The second-order valence-electron chi connectivity index (χ2n) is 7.11. The topological polar surface area (TPSA) is 57.2 Å². The first kappa shape index (κ1) is 18.5. The van der Waals surface area contributed by atoms with Crippen molar-refractivity contribution < 1.29 is 23.7 Å². The van der Waals surface area contributed by atoms with Gasteiger partial charge in [0.05, 0.1) is 7.11 Å². The van der Waals surface area contributed by atoms with Crippen LogP contribution in [0.4, 0.5) is 0 Å². The van der Waals surface area contributed by atoms with Crippen molar-refractivity contribution in [3.05, 3.63) is 48.0 Å². The van der Waals surface area contributed by atoms with Gasteiger partial charge >= 0.3 is 0 Å². The molecule has 1 aliphatic heterocycles. The van der Waals surface area contributed by atoms with Crippen LogP contribution in [0, 0.1) is 0 Å². The molecule has 28 heavy (non-hydrogen) atoms. The van der Waals surface area contributed by atoms with E-state index in [2.05, 4.69) is 0 Å². The van der Waals surface area contributed by atoms with E-state index < -0.39 is 0 Å². The number of benzene rings is 2. The molecule has 2 aromatic carbocycles. The zero-order valence-corrected chi connectivity index (χ0v) is 16.1. The Morgan fingerprint density at radius 3 is 2.50 bits per heavy atom. The molecule has 2 aromatic rings. The Labute approximate surface area is 165 Å². The Morgan fingerprint density at radius 1 is 1.04 bits per heavy atom. The minimum atomic E-state index is 0.000356. The number of carbonyl (C=O) groups excluding carboxylic acids is 1. The van der Waals surface area contributed by atoms with Crippen LogP contribution in [-0.4, -0.2) is 37.4 Å².